The summed E-state index contributed by atoms with van der Waals surface area (Å²) < 4.78 is 0. The van der Waals surface area contributed by atoms with Gasteiger partial charge in [0.15, 0.2) is 0 Å². The molecule has 0 nitrogen and oxygen atoms in total. The summed E-state index contributed by atoms with van der Waals surface area (Å²) in [5, 5.41) is 0. The molecule has 4 aliphatic rings. The van der Waals surface area contributed by atoms with Gasteiger partial charge >= 0.3 is 0 Å². The Kier molecular flexibility index (Phi) is 8.29. The first-order valence-electron chi connectivity index (χ1n) is 12.3. The van der Waals surface area contributed by atoms with Crippen LogP contribution in [0.2, 0.25) is 0 Å². The van der Waals surface area contributed by atoms with E-state index in [-0.39, 0.29) is 4.70 Å². The van der Waals surface area contributed by atoms with Crippen LogP contribution in [-0.2, 0) is 0 Å². The van der Waals surface area contributed by atoms with Gasteiger partial charge in [-0.05, 0) is 103 Å². The average Bonchev–Trinajstić information content (AvgIpc) is 2.72. The molecule has 152 valence electrons. The molecule has 0 bridgehead atoms. The highest BCUT2D eigenvalue weighted by molar-refractivity contribution is 7.78. The van der Waals surface area contributed by atoms with E-state index in [2.05, 4.69) is 0 Å². The lowest BCUT2D eigenvalue weighted by molar-refractivity contribution is -0.00000528. The van der Waals surface area contributed by atoms with Crippen LogP contribution in [0, 0.1) is 0 Å². The maximum atomic E-state index is 1.65. The number of hydrogen-bond acceptors (Lipinski definition) is 0. The molecule has 2 heteroatoms. The molecule has 0 radical (unpaired) electrons. The van der Waals surface area contributed by atoms with Gasteiger partial charge in [-0.1, -0.05) is 25.7 Å². The molecule has 0 atom stereocenters. The molecule has 0 heterocycles. The Bertz CT molecular complexity index is 308. The molecule has 4 fully saturated rings. The highest BCUT2D eigenvalue weighted by Gasteiger charge is 2.61. The Balaban J connectivity index is 0.00000196. The predicted molar refractivity (Wildman–Crippen MR) is 114 cm³/mol. The van der Waals surface area contributed by atoms with Crippen LogP contribution in [-0.4, -0.2) is 22.6 Å². The van der Waals surface area contributed by atoms with Crippen molar-refractivity contribution >= 4 is 7.26 Å². The molecular weight excluding hydrogens is 338 g/mol. The van der Waals surface area contributed by atoms with Gasteiger partial charge in [0.05, 0.1) is 22.6 Å². The predicted octanol–water partition coefficient (Wildman–Crippen LogP) is 5.34. The van der Waals surface area contributed by atoms with E-state index in [1.165, 1.54) is 22.6 Å². The first-order chi connectivity index (χ1) is 12.4. The fraction of sp³-hybridized carbons (Fsp3) is 1.00. The molecule has 0 spiro atoms. The Hall–Kier alpha value is 0.360. The van der Waals surface area contributed by atoms with Crippen molar-refractivity contribution in [2.45, 2.75) is 151 Å². The molecule has 4 aliphatic carbocycles. The second kappa shape index (κ2) is 10.2. The third-order valence-electron chi connectivity index (χ3n) is 8.83. The molecule has 26 heavy (non-hydrogen) atoms. The lowest BCUT2D eigenvalue weighted by Gasteiger charge is -2.53. The summed E-state index contributed by atoms with van der Waals surface area (Å²) in [6.07, 6.45) is 32.1. The Labute approximate surface area is 163 Å². The lowest BCUT2D eigenvalue weighted by Crippen LogP contribution is -3.00. The van der Waals surface area contributed by atoms with E-state index in [9.17, 15) is 0 Å². The van der Waals surface area contributed by atoms with Crippen molar-refractivity contribution in [2.24, 2.45) is 0 Å². The summed E-state index contributed by atoms with van der Waals surface area (Å²) in [5.74, 6) is 0. The van der Waals surface area contributed by atoms with Crippen molar-refractivity contribution in [3.8, 4) is 0 Å². The second-order valence-electron chi connectivity index (χ2n) is 10.1. The molecule has 0 saturated heterocycles. The van der Waals surface area contributed by atoms with Gasteiger partial charge in [-0.15, -0.1) is 0 Å². The highest BCUT2D eigenvalue weighted by atomic mass is 31.2. The van der Waals surface area contributed by atoms with E-state index in [0.29, 0.717) is 0 Å². The topological polar surface area (TPSA) is 0 Å². The monoisotopic (exact) mass is 382 g/mol. The number of rotatable bonds is 4. The van der Waals surface area contributed by atoms with Crippen LogP contribution in [0.15, 0.2) is 0 Å². The summed E-state index contributed by atoms with van der Waals surface area (Å²) >= 11 is 0. The van der Waals surface area contributed by atoms with Crippen molar-refractivity contribution < 1.29 is 4.70 Å². The van der Waals surface area contributed by atoms with Crippen LogP contribution in [0.4, 0.5) is 0 Å². The largest absolute Gasteiger partial charge is 1.00 e. The zero-order valence-corrected chi connectivity index (χ0v) is 18.2. The minimum Gasteiger partial charge on any atom is -1.00 e. The molecule has 0 amide bonds. The van der Waals surface area contributed by atoms with E-state index >= 15 is 0 Å². The minimum absolute atomic E-state index is 0. The number of hydrogen-bond donors (Lipinski definition) is 0. The summed E-state index contributed by atoms with van der Waals surface area (Å²) in [5.41, 5.74) is 4.87. The van der Waals surface area contributed by atoms with E-state index in [4.69, 9.17) is 0 Å². The summed E-state index contributed by atoms with van der Waals surface area (Å²) in [7, 11) is -0.798. The van der Waals surface area contributed by atoms with Crippen LogP contribution in [0.25, 0.3) is 0 Å². The molecule has 0 aromatic rings. The van der Waals surface area contributed by atoms with Crippen LogP contribution in [0.5, 0.6) is 0 Å². The average molecular weight is 383 g/mol. The Morgan fingerprint density at radius 2 is 0.500 bits per heavy atom. The molecule has 0 aliphatic heterocycles. The van der Waals surface area contributed by atoms with E-state index in [0.717, 1.165) is 0 Å². The van der Waals surface area contributed by atoms with Gasteiger partial charge in [0.1, 0.15) is 0 Å². The standard InChI is InChI=1S/C24H44P.FH/c1-5-13-21(14-6-1)25(22-15-7-2-8-16-22,23-17-9-3-10-18-23)24-19-11-4-12-20-24;/h21-24H,1-20H2;1H/q+1;/p-1. The first-order valence-corrected chi connectivity index (χ1v) is 14.4. The highest BCUT2D eigenvalue weighted by Crippen LogP contribution is 2.81. The lowest BCUT2D eigenvalue weighted by atomic mass is 9.98. The van der Waals surface area contributed by atoms with Gasteiger partial charge in [-0.25, -0.2) is 0 Å². The van der Waals surface area contributed by atoms with E-state index in [1.807, 2.05) is 0 Å². The first kappa shape index (κ1) is 21.1. The van der Waals surface area contributed by atoms with Gasteiger partial charge < -0.3 is 4.70 Å². The van der Waals surface area contributed by atoms with Gasteiger partial charge in [0, 0.05) is 7.26 Å². The van der Waals surface area contributed by atoms with E-state index in [1.54, 1.807) is 128 Å². The maximum absolute atomic E-state index is 1.65. The fourth-order valence-electron chi connectivity index (χ4n) is 7.90. The van der Waals surface area contributed by atoms with Gasteiger partial charge in [-0.2, -0.15) is 0 Å². The third-order valence-corrected chi connectivity index (χ3v) is 16.0. The van der Waals surface area contributed by atoms with Crippen molar-refractivity contribution in [1.82, 2.24) is 0 Å². The molecule has 4 rings (SSSR count). The minimum atomic E-state index is -0.798. The zero-order valence-electron chi connectivity index (χ0n) is 17.3. The van der Waals surface area contributed by atoms with Gasteiger partial charge in [-0.3, -0.25) is 0 Å². The molecular formula is C24H44FP. The zero-order chi connectivity index (χ0) is 17.0. The smallest absolute Gasteiger partial charge is 0.0705 e. The molecule has 0 aromatic carbocycles. The van der Waals surface area contributed by atoms with Gasteiger partial charge in [0.25, 0.3) is 0 Å². The van der Waals surface area contributed by atoms with E-state index < -0.39 is 7.26 Å². The summed E-state index contributed by atoms with van der Waals surface area (Å²) in [4.78, 5) is 0. The van der Waals surface area contributed by atoms with Crippen molar-refractivity contribution in [3.05, 3.63) is 0 Å². The van der Waals surface area contributed by atoms with Crippen molar-refractivity contribution in [2.75, 3.05) is 0 Å². The SMILES string of the molecule is C1CCC([P+](C2CCCCC2)(C2CCCCC2)C2CCCCC2)CC1.[F-]. The summed E-state index contributed by atoms with van der Waals surface area (Å²) in [6.45, 7) is 0. The molecule has 0 aromatic heterocycles. The van der Waals surface area contributed by atoms with Crippen LogP contribution >= 0.6 is 7.26 Å². The molecule has 0 unspecified atom stereocenters. The second-order valence-corrected chi connectivity index (χ2v) is 14.8. The van der Waals surface area contributed by atoms with Crippen LogP contribution < -0.4 is 4.70 Å². The Morgan fingerprint density at radius 1 is 0.308 bits per heavy atom. The van der Waals surface area contributed by atoms with Crippen molar-refractivity contribution in [3.63, 3.8) is 0 Å². The molecule has 0 N–H and O–H groups in total. The van der Waals surface area contributed by atoms with Crippen LogP contribution in [0.3, 0.4) is 0 Å². The third kappa shape index (κ3) is 4.18. The molecule has 4 saturated carbocycles. The van der Waals surface area contributed by atoms with Crippen molar-refractivity contribution in [1.29, 1.82) is 0 Å². The Morgan fingerprint density at radius 3 is 0.692 bits per heavy atom. The summed E-state index contributed by atoms with van der Waals surface area (Å²) in [6, 6.07) is 0. The fourth-order valence-corrected chi connectivity index (χ4v) is 16.5. The quantitative estimate of drug-likeness (QED) is 0.576. The maximum Gasteiger partial charge on any atom is 0.0705 e. The number of halogens is 1. The van der Waals surface area contributed by atoms with Crippen LogP contribution in [0.1, 0.15) is 128 Å². The normalized spacial score (nSPS) is 28.6. The van der Waals surface area contributed by atoms with Gasteiger partial charge in [0.2, 0.25) is 0 Å².